The maximum Gasteiger partial charge on any atom is 0.471 e. The Bertz CT molecular complexity index is 1630. The average Bonchev–Trinajstić information content (AvgIpc) is 3.31. The molecular weight excluding hydrogens is 530 g/mol. The standard InChI is InChI=1S/C23H21F3N5O6P/c1-13(14-4-3-5-16(8-14)21(32)27-2)30-11-28-19-9-15(6-7-17(19)22(30)33)18-10-29-31(12-37-38(34,35)36)20(18)23(24,25)26/h3-11,13H,12H2,1-2H3,(H,27,32)(H2,34,35,36)/t13-/m1/s1. The second-order valence-corrected chi connectivity index (χ2v) is 9.46. The largest absolute Gasteiger partial charge is 0.471 e. The highest BCUT2D eigenvalue weighted by Gasteiger charge is 2.39. The van der Waals surface area contributed by atoms with E-state index in [2.05, 4.69) is 19.9 Å². The van der Waals surface area contributed by atoms with E-state index in [4.69, 9.17) is 9.79 Å². The predicted octanol–water partition coefficient (Wildman–Crippen LogP) is 3.31. The number of alkyl halides is 3. The Kier molecular flexibility index (Phi) is 7.26. The fourth-order valence-electron chi connectivity index (χ4n) is 3.95. The minimum atomic E-state index is -5.04. The van der Waals surface area contributed by atoms with Gasteiger partial charge >= 0.3 is 14.0 Å². The van der Waals surface area contributed by atoms with Gasteiger partial charge in [0.25, 0.3) is 11.5 Å². The number of phosphoric acid groups is 1. The maximum atomic E-state index is 13.8. The van der Waals surface area contributed by atoms with Crippen LogP contribution in [0.1, 0.15) is 34.6 Å². The fourth-order valence-corrected chi connectivity index (χ4v) is 4.21. The van der Waals surface area contributed by atoms with Crippen molar-refractivity contribution in [3.8, 4) is 11.1 Å². The minimum absolute atomic E-state index is 0.0308. The summed E-state index contributed by atoms with van der Waals surface area (Å²) in [5.74, 6) is -0.287. The van der Waals surface area contributed by atoms with E-state index in [1.807, 2.05) is 0 Å². The molecule has 0 fully saturated rings. The number of phosphoric ester groups is 1. The Morgan fingerprint density at radius 2 is 1.95 bits per heavy atom. The molecule has 3 N–H and O–H groups in total. The van der Waals surface area contributed by atoms with Crippen LogP contribution < -0.4 is 10.9 Å². The van der Waals surface area contributed by atoms with E-state index in [1.54, 1.807) is 31.2 Å². The van der Waals surface area contributed by atoms with Crippen molar-refractivity contribution in [2.75, 3.05) is 7.05 Å². The number of rotatable bonds is 7. The Balaban J connectivity index is 1.73. The number of nitrogens with one attached hydrogen (secondary N) is 1. The molecule has 11 nitrogen and oxygen atoms in total. The van der Waals surface area contributed by atoms with Gasteiger partial charge in [0.1, 0.15) is 0 Å². The zero-order valence-corrected chi connectivity index (χ0v) is 20.8. The average molecular weight is 551 g/mol. The van der Waals surface area contributed by atoms with E-state index in [9.17, 15) is 27.3 Å². The molecule has 0 radical (unpaired) electrons. The van der Waals surface area contributed by atoms with Crippen LogP contribution in [0.4, 0.5) is 13.2 Å². The molecule has 4 aromatic rings. The molecule has 1 amide bonds. The summed E-state index contributed by atoms with van der Waals surface area (Å²) in [5.41, 5.74) is -0.879. The summed E-state index contributed by atoms with van der Waals surface area (Å²) in [6.07, 6.45) is -2.78. The van der Waals surface area contributed by atoms with Crippen LogP contribution in [-0.2, 0) is 22.0 Å². The third-order valence-corrected chi connectivity index (χ3v) is 6.28. The van der Waals surface area contributed by atoms with Crippen molar-refractivity contribution in [2.24, 2.45) is 0 Å². The molecule has 0 bridgehead atoms. The summed E-state index contributed by atoms with van der Waals surface area (Å²) in [6.45, 7) is 0.616. The predicted molar refractivity (Wildman–Crippen MR) is 129 cm³/mol. The number of halogens is 3. The molecule has 15 heteroatoms. The van der Waals surface area contributed by atoms with Crippen molar-refractivity contribution in [3.63, 3.8) is 0 Å². The molecule has 0 aliphatic heterocycles. The number of hydrogen-bond donors (Lipinski definition) is 3. The normalized spacial score (nSPS) is 13.0. The highest BCUT2D eigenvalue weighted by Crippen LogP contribution is 2.40. The number of aromatic nitrogens is 4. The molecule has 0 aliphatic carbocycles. The molecule has 0 aliphatic rings. The number of hydrogen-bond acceptors (Lipinski definition) is 6. The lowest BCUT2D eigenvalue weighted by Gasteiger charge is -2.17. The molecule has 0 unspecified atom stereocenters. The molecule has 38 heavy (non-hydrogen) atoms. The summed E-state index contributed by atoms with van der Waals surface area (Å²) in [6, 6.07) is 10.1. The van der Waals surface area contributed by atoms with Gasteiger partial charge in [0.2, 0.25) is 0 Å². The first-order chi connectivity index (χ1) is 17.8. The highest BCUT2D eigenvalue weighted by atomic mass is 31.2. The van der Waals surface area contributed by atoms with Crippen LogP contribution in [0.25, 0.3) is 22.0 Å². The first-order valence-corrected chi connectivity index (χ1v) is 12.5. The minimum Gasteiger partial charge on any atom is -0.355 e. The lowest BCUT2D eigenvalue weighted by Crippen LogP contribution is -2.25. The van der Waals surface area contributed by atoms with Gasteiger partial charge in [-0.2, -0.15) is 18.3 Å². The molecule has 0 saturated heterocycles. The summed E-state index contributed by atoms with van der Waals surface area (Å²) < 4.78 is 58.2. The van der Waals surface area contributed by atoms with Crippen LogP contribution in [0.5, 0.6) is 0 Å². The number of fused-ring (bicyclic) bond motifs is 1. The first-order valence-electron chi connectivity index (χ1n) is 11.0. The summed E-state index contributed by atoms with van der Waals surface area (Å²) >= 11 is 0. The Morgan fingerprint density at radius 1 is 1.21 bits per heavy atom. The Hall–Kier alpha value is -3.84. The van der Waals surface area contributed by atoms with Gasteiger partial charge in [-0.05, 0) is 42.3 Å². The third-order valence-electron chi connectivity index (χ3n) is 5.83. The van der Waals surface area contributed by atoms with Crippen molar-refractivity contribution in [1.82, 2.24) is 24.6 Å². The van der Waals surface area contributed by atoms with Gasteiger partial charge in [-0.1, -0.05) is 18.2 Å². The molecular formula is C23H21F3N5O6P. The fraction of sp³-hybridized carbons (Fsp3) is 0.217. The lowest BCUT2D eigenvalue weighted by atomic mass is 10.0. The van der Waals surface area contributed by atoms with Gasteiger partial charge in [-0.3, -0.25) is 18.7 Å². The number of carbonyl (C=O) groups excluding carboxylic acids is 1. The number of carbonyl (C=O) groups is 1. The third kappa shape index (κ3) is 5.53. The summed E-state index contributed by atoms with van der Waals surface area (Å²) in [7, 11) is -3.54. The van der Waals surface area contributed by atoms with Gasteiger partial charge in [-0.15, -0.1) is 0 Å². The van der Waals surface area contributed by atoms with E-state index in [-0.39, 0.29) is 27.9 Å². The second kappa shape index (κ2) is 10.1. The molecule has 200 valence electrons. The van der Waals surface area contributed by atoms with Gasteiger partial charge < -0.3 is 15.1 Å². The number of nitrogens with zero attached hydrogens (tertiary/aromatic N) is 4. The van der Waals surface area contributed by atoms with Crippen molar-refractivity contribution in [3.05, 3.63) is 82.2 Å². The Morgan fingerprint density at radius 3 is 2.61 bits per heavy atom. The van der Waals surface area contributed by atoms with E-state index >= 15 is 0 Å². The van der Waals surface area contributed by atoms with Crippen LogP contribution in [-0.4, -0.2) is 42.1 Å². The summed E-state index contributed by atoms with van der Waals surface area (Å²) in [4.78, 5) is 47.1. The second-order valence-electron chi connectivity index (χ2n) is 8.22. The smallest absolute Gasteiger partial charge is 0.355 e. The highest BCUT2D eigenvalue weighted by molar-refractivity contribution is 7.46. The van der Waals surface area contributed by atoms with Gasteiger partial charge in [-0.25, -0.2) is 14.2 Å². The van der Waals surface area contributed by atoms with Gasteiger partial charge in [0.05, 0.1) is 29.5 Å². The van der Waals surface area contributed by atoms with Crippen LogP contribution in [0.3, 0.4) is 0 Å². The summed E-state index contributed by atoms with van der Waals surface area (Å²) in [5, 5.41) is 6.25. The van der Waals surface area contributed by atoms with Crippen molar-refractivity contribution in [2.45, 2.75) is 25.9 Å². The molecule has 2 heterocycles. The van der Waals surface area contributed by atoms with E-state index < -0.39 is 38.0 Å². The monoisotopic (exact) mass is 551 g/mol. The molecule has 2 aromatic heterocycles. The zero-order chi connectivity index (χ0) is 27.8. The van der Waals surface area contributed by atoms with Crippen LogP contribution >= 0.6 is 7.82 Å². The Labute approximate surface area is 212 Å². The van der Waals surface area contributed by atoms with Gasteiger partial charge in [0.15, 0.2) is 12.4 Å². The quantitative estimate of drug-likeness (QED) is 0.296. The SMILES string of the molecule is CNC(=O)c1cccc([C@@H](C)n2cnc3cc(-c4cnn(COP(=O)(O)O)c4C(F)(F)F)ccc3c2=O)c1. The van der Waals surface area contributed by atoms with Gasteiger partial charge in [0, 0.05) is 18.2 Å². The zero-order valence-electron chi connectivity index (χ0n) is 19.9. The lowest BCUT2D eigenvalue weighted by molar-refractivity contribution is -0.145. The van der Waals surface area contributed by atoms with E-state index in [0.717, 1.165) is 6.20 Å². The first kappa shape index (κ1) is 27.2. The van der Waals surface area contributed by atoms with Crippen molar-refractivity contribution < 1.29 is 36.8 Å². The van der Waals surface area contributed by atoms with Crippen LogP contribution in [0, 0.1) is 0 Å². The number of amides is 1. The van der Waals surface area contributed by atoms with E-state index in [1.165, 1.54) is 36.1 Å². The topological polar surface area (TPSA) is 149 Å². The van der Waals surface area contributed by atoms with Crippen LogP contribution in [0.2, 0.25) is 0 Å². The van der Waals surface area contributed by atoms with Crippen molar-refractivity contribution >= 4 is 24.6 Å². The molecule has 0 saturated carbocycles. The molecule has 0 spiro atoms. The van der Waals surface area contributed by atoms with Crippen LogP contribution in [0.15, 0.2) is 59.8 Å². The molecule has 4 rings (SSSR count). The molecule has 1 atom stereocenters. The molecule has 2 aromatic carbocycles. The van der Waals surface area contributed by atoms with Crippen molar-refractivity contribution in [1.29, 1.82) is 0 Å². The number of benzene rings is 2. The van der Waals surface area contributed by atoms with E-state index in [0.29, 0.717) is 15.8 Å². The maximum absolute atomic E-state index is 13.8.